The average molecular weight is 565 g/mol. The van der Waals surface area contributed by atoms with E-state index in [4.69, 9.17) is 5.73 Å². The molecule has 0 radical (unpaired) electrons. The molecule has 0 aliphatic heterocycles. The molecule has 0 aliphatic rings. The minimum absolute atomic E-state index is 0.0948. The van der Waals surface area contributed by atoms with Crippen LogP contribution >= 0.6 is 23.5 Å². The van der Waals surface area contributed by atoms with Crippen LogP contribution in [-0.4, -0.2) is 86.9 Å². The van der Waals surface area contributed by atoms with E-state index in [1.54, 1.807) is 42.2 Å². The van der Waals surface area contributed by atoms with Crippen molar-refractivity contribution in [3.63, 3.8) is 0 Å². The molecule has 0 fully saturated rings. The maximum atomic E-state index is 13.3. The molecule has 0 saturated carbocycles. The van der Waals surface area contributed by atoms with Crippen LogP contribution in [0.4, 0.5) is 0 Å². The topological polar surface area (TPSA) is 179 Å². The van der Waals surface area contributed by atoms with Gasteiger partial charge >= 0.3 is 5.97 Å². The highest BCUT2D eigenvalue weighted by atomic mass is 32.2. The minimum atomic E-state index is -1.18. The van der Waals surface area contributed by atoms with Crippen molar-refractivity contribution in [3.05, 3.63) is 54.1 Å². The summed E-state index contributed by atoms with van der Waals surface area (Å²) in [6.45, 7) is 0. The van der Waals surface area contributed by atoms with Gasteiger partial charge in [-0.15, -0.1) is 0 Å². The highest BCUT2D eigenvalue weighted by Crippen LogP contribution is 2.08. The van der Waals surface area contributed by atoms with Crippen LogP contribution < -0.4 is 21.7 Å². The first-order valence-corrected chi connectivity index (χ1v) is 14.9. The highest BCUT2D eigenvalue weighted by molar-refractivity contribution is 7.98. The third-order valence-electron chi connectivity index (χ3n) is 5.72. The number of nitrogens with one attached hydrogen (secondary N) is 4. The number of carbonyl (C=O) groups is 4. The van der Waals surface area contributed by atoms with E-state index in [9.17, 15) is 24.3 Å². The standard InChI is InChI=1S/C25H36N6O5S2/c1-37-10-8-18(26)22(32)30-20(13-17-14-27-15-28-17)24(34)29-19(9-11-38-2)23(33)31-21(25(35)36)12-16-6-4-3-5-7-16/h3-7,14-15,18-21H,8-13,26H2,1-2H3,(H,27,28)(H,29,34)(H,30,32)(H,31,33)(H,35,36). The maximum Gasteiger partial charge on any atom is 0.326 e. The van der Waals surface area contributed by atoms with Crippen molar-refractivity contribution in [2.24, 2.45) is 5.73 Å². The van der Waals surface area contributed by atoms with Crippen LogP contribution in [0.25, 0.3) is 0 Å². The molecule has 0 saturated heterocycles. The van der Waals surface area contributed by atoms with Crippen LogP contribution in [0.3, 0.4) is 0 Å². The summed E-state index contributed by atoms with van der Waals surface area (Å²) in [4.78, 5) is 57.9. The minimum Gasteiger partial charge on any atom is -0.480 e. The van der Waals surface area contributed by atoms with Gasteiger partial charge in [0.1, 0.15) is 18.1 Å². The van der Waals surface area contributed by atoms with Gasteiger partial charge in [-0.25, -0.2) is 9.78 Å². The van der Waals surface area contributed by atoms with Crippen LogP contribution in [0.1, 0.15) is 24.1 Å². The molecular weight excluding hydrogens is 528 g/mol. The summed E-state index contributed by atoms with van der Waals surface area (Å²) in [7, 11) is 0. The van der Waals surface area contributed by atoms with Crippen molar-refractivity contribution in [2.75, 3.05) is 24.0 Å². The predicted octanol–water partition coefficient (Wildman–Crippen LogP) is 0.567. The second-order valence-electron chi connectivity index (χ2n) is 8.66. The van der Waals surface area contributed by atoms with E-state index < -0.39 is 47.9 Å². The summed E-state index contributed by atoms with van der Waals surface area (Å²) in [5.74, 6) is -1.61. The number of nitrogens with zero attached hydrogens (tertiary/aromatic N) is 1. The Morgan fingerprint density at radius 1 is 0.895 bits per heavy atom. The van der Waals surface area contributed by atoms with Gasteiger partial charge in [0.05, 0.1) is 12.4 Å². The number of aromatic amines is 1. The first kappa shape index (κ1) is 31.2. The summed E-state index contributed by atoms with van der Waals surface area (Å²) < 4.78 is 0. The first-order valence-electron chi connectivity index (χ1n) is 12.1. The summed E-state index contributed by atoms with van der Waals surface area (Å²) in [5.41, 5.74) is 7.35. The van der Waals surface area contributed by atoms with E-state index in [-0.39, 0.29) is 19.3 Å². The van der Waals surface area contributed by atoms with Gasteiger partial charge in [-0.2, -0.15) is 23.5 Å². The Kier molecular flexibility index (Phi) is 13.7. The maximum absolute atomic E-state index is 13.3. The highest BCUT2D eigenvalue weighted by Gasteiger charge is 2.30. The Morgan fingerprint density at radius 2 is 1.50 bits per heavy atom. The van der Waals surface area contributed by atoms with E-state index in [0.717, 1.165) is 5.56 Å². The molecule has 0 spiro atoms. The van der Waals surface area contributed by atoms with E-state index in [1.165, 1.54) is 18.1 Å². The lowest BCUT2D eigenvalue weighted by molar-refractivity contribution is -0.142. The van der Waals surface area contributed by atoms with E-state index in [1.807, 2.05) is 18.6 Å². The van der Waals surface area contributed by atoms with Crippen molar-refractivity contribution in [1.29, 1.82) is 0 Å². The molecule has 1 heterocycles. The van der Waals surface area contributed by atoms with Crippen LogP contribution in [0.5, 0.6) is 0 Å². The smallest absolute Gasteiger partial charge is 0.326 e. The van der Waals surface area contributed by atoms with Gasteiger partial charge in [-0.3, -0.25) is 14.4 Å². The molecule has 4 atom stereocenters. The van der Waals surface area contributed by atoms with Crippen molar-refractivity contribution >= 4 is 47.2 Å². The molecule has 1 aromatic carbocycles. The zero-order valence-corrected chi connectivity index (χ0v) is 23.1. The second-order valence-corrected chi connectivity index (χ2v) is 10.6. The summed E-state index contributed by atoms with van der Waals surface area (Å²) in [5, 5.41) is 17.6. The Bertz CT molecular complexity index is 1020. The monoisotopic (exact) mass is 564 g/mol. The normalized spacial score (nSPS) is 14.1. The zero-order chi connectivity index (χ0) is 27.9. The van der Waals surface area contributed by atoms with Crippen LogP contribution in [-0.2, 0) is 32.0 Å². The quantitative estimate of drug-likeness (QED) is 0.160. The fraction of sp³-hybridized carbons (Fsp3) is 0.480. The third-order valence-corrected chi connectivity index (χ3v) is 7.01. The molecule has 3 amide bonds. The number of rotatable bonds is 17. The Hall–Kier alpha value is -3.03. The largest absolute Gasteiger partial charge is 0.480 e. The third kappa shape index (κ3) is 10.8. The van der Waals surface area contributed by atoms with Gasteiger partial charge < -0.3 is 31.8 Å². The molecule has 4 unspecified atom stereocenters. The molecule has 7 N–H and O–H groups in total. The number of carbonyl (C=O) groups excluding carboxylic acids is 3. The fourth-order valence-corrected chi connectivity index (χ4v) is 4.54. The van der Waals surface area contributed by atoms with Crippen molar-refractivity contribution in [1.82, 2.24) is 25.9 Å². The summed E-state index contributed by atoms with van der Waals surface area (Å²) in [6, 6.07) is 4.98. The molecule has 208 valence electrons. The van der Waals surface area contributed by atoms with Gasteiger partial charge in [-0.05, 0) is 42.4 Å². The first-order chi connectivity index (χ1) is 18.2. The number of amides is 3. The van der Waals surface area contributed by atoms with Gasteiger partial charge in [0, 0.05) is 24.7 Å². The lowest BCUT2D eigenvalue weighted by Crippen LogP contribution is -2.58. The molecular formula is C25H36N6O5S2. The zero-order valence-electron chi connectivity index (χ0n) is 21.5. The van der Waals surface area contributed by atoms with Gasteiger partial charge in [0.2, 0.25) is 17.7 Å². The van der Waals surface area contributed by atoms with Crippen LogP contribution in [0.2, 0.25) is 0 Å². The number of benzene rings is 1. The molecule has 11 nitrogen and oxygen atoms in total. The number of thioether (sulfide) groups is 2. The molecule has 0 aliphatic carbocycles. The number of aliphatic carboxylic acids is 1. The molecule has 2 aromatic rings. The number of aromatic nitrogens is 2. The predicted molar refractivity (Wildman–Crippen MR) is 150 cm³/mol. The van der Waals surface area contributed by atoms with E-state index >= 15 is 0 Å². The molecule has 38 heavy (non-hydrogen) atoms. The number of hydrogen-bond donors (Lipinski definition) is 6. The number of hydrogen-bond acceptors (Lipinski definition) is 8. The van der Waals surface area contributed by atoms with E-state index in [2.05, 4.69) is 25.9 Å². The number of H-pyrrole nitrogens is 1. The molecule has 1 aromatic heterocycles. The van der Waals surface area contributed by atoms with Crippen molar-refractivity contribution in [3.8, 4) is 0 Å². The number of carboxylic acids is 1. The average Bonchev–Trinajstić information content (AvgIpc) is 3.42. The molecule has 13 heteroatoms. The number of imidazole rings is 1. The van der Waals surface area contributed by atoms with Crippen molar-refractivity contribution in [2.45, 2.75) is 49.9 Å². The lowest BCUT2D eigenvalue weighted by Gasteiger charge is -2.25. The van der Waals surface area contributed by atoms with Crippen LogP contribution in [0.15, 0.2) is 42.9 Å². The Balaban J connectivity index is 2.15. The van der Waals surface area contributed by atoms with Gasteiger partial charge in [0.25, 0.3) is 0 Å². The fourth-order valence-electron chi connectivity index (χ4n) is 3.58. The summed E-state index contributed by atoms with van der Waals surface area (Å²) >= 11 is 3.05. The van der Waals surface area contributed by atoms with Gasteiger partial charge in [0.15, 0.2) is 0 Å². The Morgan fingerprint density at radius 3 is 2.11 bits per heavy atom. The van der Waals surface area contributed by atoms with Crippen molar-refractivity contribution < 1.29 is 24.3 Å². The number of nitrogens with two attached hydrogens (primary N) is 1. The second kappa shape index (κ2) is 16.7. The molecule has 0 bridgehead atoms. The molecule has 2 rings (SSSR count). The number of carboxylic acid groups (broad SMARTS) is 1. The van der Waals surface area contributed by atoms with E-state index in [0.29, 0.717) is 23.6 Å². The Labute approximate surface area is 230 Å². The van der Waals surface area contributed by atoms with Gasteiger partial charge in [-0.1, -0.05) is 30.3 Å². The van der Waals surface area contributed by atoms with Crippen LogP contribution in [0, 0.1) is 0 Å². The summed E-state index contributed by atoms with van der Waals surface area (Å²) in [6.07, 6.45) is 7.70. The SMILES string of the molecule is CSCCC(N)C(=O)NC(Cc1cnc[nH]1)C(=O)NC(CCSC)C(=O)NC(Cc1ccccc1)C(=O)O. The lowest BCUT2D eigenvalue weighted by atomic mass is 10.0.